The summed E-state index contributed by atoms with van der Waals surface area (Å²) in [4.78, 5) is 13.4. The van der Waals surface area contributed by atoms with Crippen molar-refractivity contribution in [3.63, 3.8) is 0 Å². The second-order valence-corrected chi connectivity index (χ2v) is 3.64. The van der Waals surface area contributed by atoms with Gasteiger partial charge >= 0.3 is 0 Å². The summed E-state index contributed by atoms with van der Waals surface area (Å²) in [7, 11) is 0. The minimum atomic E-state index is 0.167. The topological polar surface area (TPSA) is 42.2 Å². The third-order valence-corrected chi connectivity index (χ3v) is 2.44. The number of likely N-dealkylation sites (tertiary alicyclic amines) is 1. The summed E-state index contributed by atoms with van der Waals surface area (Å²) < 4.78 is 0. The molecule has 2 atom stereocenters. The lowest BCUT2D eigenvalue weighted by Crippen LogP contribution is -2.33. The van der Waals surface area contributed by atoms with E-state index in [9.17, 15) is 4.79 Å². The van der Waals surface area contributed by atoms with Gasteiger partial charge in [0.25, 0.3) is 0 Å². The zero-order chi connectivity index (χ0) is 7.84. The van der Waals surface area contributed by atoms with Gasteiger partial charge < -0.3 is 10.2 Å². The zero-order valence-corrected chi connectivity index (χ0v) is 6.84. The molecule has 1 N–H and O–H groups in total. The van der Waals surface area contributed by atoms with Crippen molar-refractivity contribution < 1.29 is 4.79 Å². The fourth-order valence-corrected chi connectivity index (χ4v) is 1.59. The maximum atomic E-state index is 11.4. The van der Waals surface area contributed by atoms with Crippen LogP contribution in [-0.4, -0.2) is 36.5 Å². The number of hydrogen-bond donors (Lipinski definition) is 1. The van der Waals surface area contributed by atoms with Crippen LogP contribution in [0, 0.1) is 5.92 Å². The van der Waals surface area contributed by atoms with Gasteiger partial charge in [-0.25, -0.2) is 0 Å². The largest absolute Gasteiger partial charge is 0.341 e. The average Bonchev–Trinajstić information content (AvgIpc) is 2.74. The summed E-state index contributed by atoms with van der Waals surface area (Å²) in [5, 5.41) is 3.03. The van der Waals surface area contributed by atoms with E-state index in [1.807, 2.05) is 4.90 Å². The van der Waals surface area contributed by atoms with E-state index in [2.05, 4.69) is 12.2 Å². The first-order valence-electron chi connectivity index (χ1n) is 4.29. The van der Waals surface area contributed by atoms with Crippen molar-refractivity contribution in [2.45, 2.75) is 19.4 Å². The predicted molar refractivity (Wildman–Crippen MR) is 42.2 cm³/mol. The van der Waals surface area contributed by atoms with Crippen LogP contribution in [-0.2, 0) is 4.79 Å². The fraction of sp³-hybridized carbons (Fsp3) is 0.875. The number of nitrogens with one attached hydrogen (secondary N) is 1. The van der Waals surface area contributed by atoms with Crippen LogP contribution in [0.25, 0.3) is 0 Å². The van der Waals surface area contributed by atoms with Gasteiger partial charge in [0, 0.05) is 19.6 Å². The van der Waals surface area contributed by atoms with Gasteiger partial charge in [-0.05, 0) is 12.3 Å². The Kier molecular flexibility index (Phi) is 1.60. The smallest absolute Gasteiger partial charge is 0.241 e. The van der Waals surface area contributed by atoms with Crippen LogP contribution in [0.3, 0.4) is 0 Å². The molecular weight excluding hydrogens is 140 g/mol. The first kappa shape index (κ1) is 7.10. The second-order valence-electron chi connectivity index (χ2n) is 3.64. The first-order valence-corrected chi connectivity index (χ1v) is 4.29. The third-order valence-electron chi connectivity index (χ3n) is 2.44. The molecule has 1 amide bonds. The Labute approximate surface area is 66.8 Å². The van der Waals surface area contributed by atoms with Gasteiger partial charge in [0.1, 0.15) is 0 Å². The molecule has 0 saturated carbocycles. The number of carbonyl (C=O) groups excluding carboxylic acids is 1. The number of carbonyl (C=O) groups is 1. The molecule has 0 aromatic heterocycles. The van der Waals surface area contributed by atoms with Crippen LogP contribution in [0.2, 0.25) is 0 Å². The van der Waals surface area contributed by atoms with E-state index < -0.39 is 0 Å². The summed E-state index contributed by atoms with van der Waals surface area (Å²) in [6, 6.07) is 0.167. The quantitative estimate of drug-likeness (QED) is 0.533. The van der Waals surface area contributed by atoms with E-state index in [1.165, 1.54) is 6.42 Å². The van der Waals surface area contributed by atoms with E-state index in [-0.39, 0.29) is 6.04 Å². The number of hydrogen-bond acceptors (Lipinski definition) is 2. The maximum Gasteiger partial charge on any atom is 0.241 e. The third kappa shape index (κ3) is 1.38. The van der Waals surface area contributed by atoms with Crippen LogP contribution >= 0.6 is 0 Å². The van der Waals surface area contributed by atoms with E-state index in [0.29, 0.717) is 11.8 Å². The van der Waals surface area contributed by atoms with Gasteiger partial charge in [-0.1, -0.05) is 6.92 Å². The molecule has 62 valence electrons. The van der Waals surface area contributed by atoms with Crippen LogP contribution < -0.4 is 5.32 Å². The predicted octanol–water partition coefficient (Wildman–Crippen LogP) is -0.173. The molecule has 0 aromatic carbocycles. The van der Waals surface area contributed by atoms with Crippen LogP contribution in [0.4, 0.5) is 0 Å². The average molecular weight is 154 g/mol. The lowest BCUT2D eigenvalue weighted by molar-refractivity contribution is -0.129. The summed E-state index contributed by atoms with van der Waals surface area (Å²) in [5.74, 6) is 1.02. The fourth-order valence-electron chi connectivity index (χ4n) is 1.59. The van der Waals surface area contributed by atoms with Crippen LogP contribution in [0.15, 0.2) is 0 Å². The highest BCUT2D eigenvalue weighted by atomic mass is 16.2. The first-order chi connectivity index (χ1) is 5.27. The molecule has 0 bridgehead atoms. The highest BCUT2D eigenvalue weighted by Gasteiger charge is 2.35. The molecule has 2 rings (SSSR count). The van der Waals surface area contributed by atoms with Crippen LogP contribution in [0.1, 0.15) is 13.3 Å². The molecule has 2 aliphatic rings. The number of rotatable bonds is 1. The Morgan fingerprint density at radius 1 is 1.64 bits per heavy atom. The van der Waals surface area contributed by atoms with Crippen molar-refractivity contribution in [2.75, 3.05) is 19.6 Å². The molecule has 3 nitrogen and oxygen atoms in total. The summed E-state index contributed by atoms with van der Waals surface area (Å²) in [5.41, 5.74) is 0. The molecule has 3 heteroatoms. The molecular formula is C8H14N2O. The Morgan fingerprint density at radius 3 is 2.82 bits per heavy atom. The normalized spacial score (nSPS) is 35.9. The van der Waals surface area contributed by atoms with Crippen molar-refractivity contribution in [1.29, 1.82) is 0 Å². The lowest BCUT2D eigenvalue weighted by atomic mass is 10.2. The van der Waals surface area contributed by atoms with E-state index in [4.69, 9.17) is 0 Å². The second kappa shape index (κ2) is 2.48. The van der Waals surface area contributed by atoms with Gasteiger partial charge in [0.15, 0.2) is 0 Å². The molecule has 0 aliphatic carbocycles. The van der Waals surface area contributed by atoms with Crippen molar-refractivity contribution >= 4 is 5.91 Å². The number of amides is 1. The van der Waals surface area contributed by atoms with Gasteiger partial charge in [-0.2, -0.15) is 0 Å². The van der Waals surface area contributed by atoms with Crippen molar-refractivity contribution in [3.8, 4) is 0 Å². The standard InChI is InChI=1S/C8H14N2O/c1-6-2-3-10(5-6)8(11)7-4-9-7/h6-7,9H,2-5H2,1H3. The highest BCUT2D eigenvalue weighted by Crippen LogP contribution is 2.17. The Balaban J connectivity index is 1.89. The Bertz CT molecular complexity index is 177. The molecule has 2 fully saturated rings. The van der Waals surface area contributed by atoms with Gasteiger partial charge in [-0.3, -0.25) is 4.79 Å². The molecule has 2 saturated heterocycles. The molecule has 2 unspecified atom stereocenters. The monoisotopic (exact) mass is 154 g/mol. The zero-order valence-electron chi connectivity index (χ0n) is 6.84. The summed E-state index contributed by atoms with van der Waals surface area (Å²) in [6.07, 6.45) is 1.18. The van der Waals surface area contributed by atoms with E-state index in [1.54, 1.807) is 0 Å². The van der Waals surface area contributed by atoms with E-state index in [0.717, 1.165) is 19.6 Å². The van der Waals surface area contributed by atoms with Crippen molar-refractivity contribution in [1.82, 2.24) is 10.2 Å². The highest BCUT2D eigenvalue weighted by molar-refractivity contribution is 5.84. The van der Waals surface area contributed by atoms with E-state index >= 15 is 0 Å². The molecule has 2 aliphatic heterocycles. The van der Waals surface area contributed by atoms with Crippen molar-refractivity contribution in [3.05, 3.63) is 0 Å². The molecule has 11 heavy (non-hydrogen) atoms. The Hall–Kier alpha value is -0.570. The maximum absolute atomic E-state index is 11.4. The summed E-state index contributed by atoms with van der Waals surface area (Å²) in [6.45, 7) is 5.03. The SMILES string of the molecule is CC1CCN(C(=O)C2CN2)C1. The molecule has 0 radical (unpaired) electrons. The molecule has 2 heterocycles. The minimum absolute atomic E-state index is 0.167. The molecule has 0 aromatic rings. The molecule has 0 spiro atoms. The van der Waals surface area contributed by atoms with Crippen LogP contribution in [0.5, 0.6) is 0 Å². The Morgan fingerprint density at radius 2 is 2.36 bits per heavy atom. The lowest BCUT2D eigenvalue weighted by Gasteiger charge is -2.14. The summed E-state index contributed by atoms with van der Waals surface area (Å²) >= 11 is 0. The van der Waals surface area contributed by atoms with Gasteiger partial charge in [-0.15, -0.1) is 0 Å². The van der Waals surface area contributed by atoms with Crippen molar-refractivity contribution in [2.24, 2.45) is 5.92 Å². The number of nitrogens with zero attached hydrogens (tertiary/aromatic N) is 1. The van der Waals surface area contributed by atoms with Gasteiger partial charge in [0.2, 0.25) is 5.91 Å². The minimum Gasteiger partial charge on any atom is -0.341 e. The van der Waals surface area contributed by atoms with Gasteiger partial charge in [0.05, 0.1) is 6.04 Å².